The maximum Gasteiger partial charge on any atom is 0.225 e. The van der Waals surface area contributed by atoms with Gasteiger partial charge in [0.25, 0.3) is 0 Å². The summed E-state index contributed by atoms with van der Waals surface area (Å²) in [6.45, 7) is 3.22. The van der Waals surface area contributed by atoms with Crippen LogP contribution in [-0.2, 0) is 13.1 Å². The Balaban J connectivity index is 1.43. The topological polar surface area (TPSA) is 82.3 Å². The molecule has 1 aliphatic heterocycles. The van der Waals surface area contributed by atoms with E-state index in [0.717, 1.165) is 35.5 Å². The summed E-state index contributed by atoms with van der Waals surface area (Å²) >= 11 is 0. The zero-order chi connectivity index (χ0) is 22.0. The van der Waals surface area contributed by atoms with E-state index < -0.39 is 6.23 Å². The lowest BCUT2D eigenvalue weighted by molar-refractivity contribution is 0.132. The second-order valence-electron chi connectivity index (χ2n) is 7.92. The molecule has 3 aromatic rings. The van der Waals surface area contributed by atoms with Crippen LogP contribution in [0.3, 0.4) is 0 Å². The number of nitrogens with one attached hydrogen (secondary N) is 1. The minimum Gasteiger partial charge on any atom is -0.371 e. The summed E-state index contributed by atoms with van der Waals surface area (Å²) in [5, 5.41) is 18.2. The van der Waals surface area contributed by atoms with E-state index >= 15 is 0 Å². The van der Waals surface area contributed by atoms with Gasteiger partial charge in [0, 0.05) is 32.4 Å². The van der Waals surface area contributed by atoms with Gasteiger partial charge < -0.3 is 20.2 Å². The number of anilines is 3. The fourth-order valence-corrected chi connectivity index (χ4v) is 3.90. The normalized spacial score (nSPS) is 18.2. The Morgan fingerprint density at radius 2 is 1.87 bits per heavy atom. The molecule has 31 heavy (non-hydrogen) atoms. The number of halogens is 1. The molecule has 0 amide bonds. The van der Waals surface area contributed by atoms with E-state index in [-0.39, 0.29) is 11.9 Å². The minimum atomic E-state index is -0.591. The average molecular weight is 426 g/mol. The lowest BCUT2D eigenvalue weighted by Gasteiger charge is -2.44. The van der Waals surface area contributed by atoms with Crippen molar-refractivity contribution in [1.82, 2.24) is 19.7 Å². The van der Waals surface area contributed by atoms with Crippen LogP contribution in [0.4, 0.5) is 21.8 Å². The highest BCUT2D eigenvalue weighted by Crippen LogP contribution is 2.35. The van der Waals surface area contributed by atoms with Crippen LogP contribution >= 0.6 is 0 Å². The number of hydrogen-bond donors (Lipinski definition) is 2. The Labute approximate surface area is 181 Å². The second kappa shape index (κ2) is 8.89. The van der Waals surface area contributed by atoms with Crippen LogP contribution in [0.1, 0.15) is 30.9 Å². The van der Waals surface area contributed by atoms with Crippen molar-refractivity contribution in [3.8, 4) is 0 Å². The van der Waals surface area contributed by atoms with Crippen molar-refractivity contribution in [2.45, 2.75) is 45.1 Å². The molecule has 9 heteroatoms. The van der Waals surface area contributed by atoms with E-state index in [2.05, 4.69) is 22.3 Å². The Kier molecular flexibility index (Phi) is 6.03. The molecule has 0 bridgehead atoms. The largest absolute Gasteiger partial charge is 0.371 e. The first-order chi connectivity index (χ1) is 15.0. The quantitative estimate of drug-likeness (QED) is 0.602. The van der Waals surface area contributed by atoms with Gasteiger partial charge in [0.15, 0.2) is 5.82 Å². The van der Waals surface area contributed by atoms with E-state index in [1.165, 1.54) is 12.1 Å². The number of rotatable bonds is 7. The third-order valence-corrected chi connectivity index (χ3v) is 5.68. The maximum atomic E-state index is 13.1. The van der Waals surface area contributed by atoms with E-state index in [4.69, 9.17) is 4.98 Å². The van der Waals surface area contributed by atoms with Crippen LogP contribution in [0, 0.1) is 5.82 Å². The monoisotopic (exact) mass is 425 g/mol. The molecule has 0 radical (unpaired) electrons. The van der Waals surface area contributed by atoms with Gasteiger partial charge >= 0.3 is 0 Å². The fourth-order valence-electron chi connectivity index (χ4n) is 3.90. The summed E-state index contributed by atoms with van der Waals surface area (Å²) in [6.07, 6.45) is 6.75. The highest BCUT2D eigenvalue weighted by molar-refractivity contribution is 5.70. The SMILES string of the molecule is CCCC1C(O)N(C)c2cnc(NCc3cnn(Cc4ccc(F)cc4)c3)nc2N1C. The van der Waals surface area contributed by atoms with Crippen molar-refractivity contribution in [3.63, 3.8) is 0 Å². The molecule has 4 rings (SSSR count). The third-order valence-electron chi connectivity index (χ3n) is 5.68. The van der Waals surface area contributed by atoms with Crippen molar-refractivity contribution >= 4 is 17.5 Å². The first-order valence-electron chi connectivity index (χ1n) is 10.5. The molecule has 0 spiro atoms. The third kappa shape index (κ3) is 4.46. The average Bonchev–Trinajstić information content (AvgIpc) is 3.22. The van der Waals surface area contributed by atoms with E-state index in [1.807, 2.05) is 34.8 Å². The molecule has 2 unspecified atom stereocenters. The van der Waals surface area contributed by atoms with Gasteiger partial charge in [0.2, 0.25) is 5.95 Å². The van der Waals surface area contributed by atoms with Gasteiger partial charge in [0.1, 0.15) is 17.7 Å². The van der Waals surface area contributed by atoms with Gasteiger partial charge in [-0.1, -0.05) is 25.5 Å². The molecule has 0 aliphatic carbocycles. The zero-order valence-electron chi connectivity index (χ0n) is 18.0. The first-order valence-corrected chi connectivity index (χ1v) is 10.5. The number of benzene rings is 1. The molecule has 0 fully saturated rings. The molecule has 1 aromatic carbocycles. The Bertz CT molecular complexity index is 1020. The number of aliphatic hydroxyl groups excluding tert-OH is 1. The summed E-state index contributed by atoms with van der Waals surface area (Å²) < 4.78 is 14.9. The molecule has 8 nitrogen and oxygen atoms in total. The first kappa shape index (κ1) is 21.0. The van der Waals surface area contributed by atoms with Crippen molar-refractivity contribution in [2.75, 3.05) is 29.2 Å². The van der Waals surface area contributed by atoms with Gasteiger partial charge in [-0.3, -0.25) is 4.68 Å². The van der Waals surface area contributed by atoms with Gasteiger partial charge in [-0.05, 0) is 24.1 Å². The Morgan fingerprint density at radius 1 is 1.10 bits per heavy atom. The molecular weight excluding hydrogens is 397 g/mol. The van der Waals surface area contributed by atoms with Gasteiger partial charge in [-0.25, -0.2) is 9.37 Å². The van der Waals surface area contributed by atoms with Gasteiger partial charge in [0.05, 0.1) is 25.0 Å². The second-order valence-corrected chi connectivity index (χ2v) is 7.92. The van der Waals surface area contributed by atoms with Crippen LogP contribution in [0.5, 0.6) is 0 Å². The molecule has 0 saturated heterocycles. The number of hydrogen-bond acceptors (Lipinski definition) is 7. The minimum absolute atomic E-state index is 0.0186. The summed E-state index contributed by atoms with van der Waals surface area (Å²) in [6, 6.07) is 6.40. The van der Waals surface area contributed by atoms with Crippen molar-refractivity contribution in [1.29, 1.82) is 0 Å². The molecular formula is C22H28FN7O. The number of likely N-dealkylation sites (N-methyl/N-ethyl adjacent to an activating group) is 2. The number of nitrogens with zero attached hydrogens (tertiary/aromatic N) is 6. The standard InChI is InChI=1S/C22H28FN7O/c1-4-5-18-21(31)29(3)19-12-25-22(27-20(19)28(18)2)24-10-16-11-26-30(14-16)13-15-6-8-17(23)9-7-15/h6-9,11-12,14,18,21,31H,4-5,10,13H2,1-3H3,(H,24,25,27). The van der Waals surface area contributed by atoms with Crippen molar-refractivity contribution < 1.29 is 9.50 Å². The van der Waals surface area contributed by atoms with Crippen LogP contribution in [0.2, 0.25) is 0 Å². The smallest absolute Gasteiger partial charge is 0.225 e. The summed E-state index contributed by atoms with van der Waals surface area (Å²) in [4.78, 5) is 13.0. The van der Waals surface area contributed by atoms with Crippen molar-refractivity contribution in [3.05, 3.63) is 59.8 Å². The number of fused-ring (bicyclic) bond motifs is 1. The van der Waals surface area contributed by atoms with Crippen LogP contribution in [-0.4, -0.2) is 51.2 Å². The molecule has 164 valence electrons. The Hall–Kier alpha value is -3.20. The van der Waals surface area contributed by atoms with Gasteiger partial charge in [-0.15, -0.1) is 0 Å². The van der Waals surface area contributed by atoms with Crippen LogP contribution < -0.4 is 15.1 Å². The van der Waals surface area contributed by atoms with Crippen LogP contribution in [0.25, 0.3) is 0 Å². The highest BCUT2D eigenvalue weighted by atomic mass is 19.1. The zero-order valence-corrected chi connectivity index (χ0v) is 18.0. The summed E-state index contributed by atoms with van der Waals surface area (Å²) in [7, 11) is 3.83. The fraction of sp³-hybridized carbons (Fsp3) is 0.409. The summed E-state index contributed by atoms with van der Waals surface area (Å²) in [5.41, 5.74) is 2.78. The predicted molar refractivity (Wildman–Crippen MR) is 119 cm³/mol. The highest BCUT2D eigenvalue weighted by Gasteiger charge is 2.35. The molecule has 2 N–H and O–H groups in total. The maximum absolute atomic E-state index is 13.1. The molecule has 0 saturated carbocycles. The lowest BCUT2D eigenvalue weighted by atomic mass is 10.1. The summed E-state index contributed by atoms with van der Waals surface area (Å²) in [5.74, 6) is 1.08. The molecule has 3 heterocycles. The number of aromatic nitrogens is 4. The van der Waals surface area contributed by atoms with E-state index in [0.29, 0.717) is 19.0 Å². The lowest BCUT2D eigenvalue weighted by Crippen LogP contribution is -2.54. The van der Waals surface area contributed by atoms with E-state index in [9.17, 15) is 9.50 Å². The Morgan fingerprint density at radius 3 is 2.61 bits per heavy atom. The molecule has 1 aliphatic rings. The number of aliphatic hydroxyl groups is 1. The predicted octanol–water partition coefficient (Wildman–Crippen LogP) is 2.85. The van der Waals surface area contributed by atoms with E-state index in [1.54, 1.807) is 24.5 Å². The van der Waals surface area contributed by atoms with Crippen LogP contribution in [0.15, 0.2) is 42.9 Å². The molecule has 2 aromatic heterocycles. The van der Waals surface area contributed by atoms with Crippen molar-refractivity contribution in [2.24, 2.45) is 0 Å². The molecule has 2 atom stereocenters. The van der Waals surface area contributed by atoms with Gasteiger partial charge in [-0.2, -0.15) is 10.1 Å².